The summed E-state index contributed by atoms with van der Waals surface area (Å²) in [6.45, 7) is 0.850. The SMILES string of the molecule is COc1cc2nc(CCN)n(Cc3ccccc3F)c2cc1OC. The summed E-state index contributed by atoms with van der Waals surface area (Å²) in [5.41, 5.74) is 7.94. The second kappa shape index (κ2) is 6.88. The number of rotatable bonds is 6. The predicted octanol–water partition coefficient (Wildman–Crippen LogP) is 2.74. The number of fused-ring (bicyclic) bond motifs is 1. The van der Waals surface area contributed by atoms with Crippen LogP contribution in [0.5, 0.6) is 11.5 Å². The Kier molecular flexibility index (Phi) is 4.66. The van der Waals surface area contributed by atoms with E-state index in [1.54, 1.807) is 26.4 Å². The monoisotopic (exact) mass is 329 g/mol. The van der Waals surface area contributed by atoms with Gasteiger partial charge in [-0.3, -0.25) is 0 Å². The van der Waals surface area contributed by atoms with Crippen LogP contribution in [0.15, 0.2) is 36.4 Å². The van der Waals surface area contributed by atoms with Gasteiger partial charge < -0.3 is 19.8 Å². The number of halogens is 1. The Balaban J connectivity index is 2.16. The molecule has 1 aromatic heterocycles. The number of ether oxygens (including phenoxy) is 2. The molecule has 0 bridgehead atoms. The number of nitrogens with two attached hydrogens (primary N) is 1. The zero-order valence-corrected chi connectivity index (χ0v) is 13.8. The third-order valence-corrected chi connectivity index (χ3v) is 3.99. The summed E-state index contributed by atoms with van der Waals surface area (Å²) >= 11 is 0. The van der Waals surface area contributed by atoms with Gasteiger partial charge in [-0.15, -0.1) is 0 Å². The molecule has 6 heteroatoms. The minimum atomic E-state index is -0.237. The molecule has 0 aliphatic carbocycles. The van der Waals surface area contributed by atoms with Crippen LogP contribution in [0.3, 0.4) is 0 Å². The zero-order valence-electron chi connectivity index (χ0n) is 13.8. The molecule has 2 aromatic carbocycles. The first-order valence-corrected chi connectivity index (χ1v) is 7.72. The van der Waals surface area contributed by atoms with E-state index in [-0.39, 0.29) is 5.82 Å². The van der Waals surface area contributed by atoms with Crippen LogP contribution in [0.2, 0.25) is 0 Å². The van der Waals surface area contributed by atoms with Gasteiger partial charge in [0.2, 0.25) is 0 Å². The van der Waals surface area contributed by atoms with Crippen LogP contribution in [0.25, 0.3) is 11.0 Å². The second-order valence-corrected chi connectivity index (χ2v) is 5.44. The summed E-state index contributed by atoms with van der Waals surface area (Å²) in [5.74, 6) is 1.79. The molecule has 0 saturated heterocycles. The van der Waals surface area contributed by atoms with E-state index >= 15 is 0 Å². The molecule has 0 saturated carbocycles. The van der Waals surface area contributed by atoms with Crippen molar-refractivity contribution in [3.05, 3.63) is 53.6 Å². The lowest BCUT2D eigenvalue weighted by atomic mass is 10.2. The molecule has 0 unspecified atom stereocenters. The lowest BCUT2D eigenvalue weighted by Gasteiger charge is -2.11. The zero-order chi connectivity index (χ0) is 17.1. The van der Waals surface area contributed by atoms with Crippen molar-refractivity contribution in [2.24, 2.45) is 5.73 Å². The molecule has 24 heavy (non-hydrogen) atoms. The summed E-state index contributed by atoms with van der Waals surface area (Å²) in [7, 11) is 3.17. The molecule has 5 nitrogen and oxygen atoms in total. The quantitative estimate of drug-likeness (QED) is 0.755. The number of aromatic nitrogens is 2. The lowest BCUT2D eigenvalue weighted by molar-refractivity contribution is 0.355. The van der Waals surface area contributed by atoms with Gasteiger partial charge in [0, 0.05) is 24.1 Å². The van der Waals surface area contributed by atoms with E-state index in [1.807, 2.05) is 22.8 Å². The van der Waals surface area contributed by atoms with E-state index in [2.05, 4.69) is 4.98 Å². The number of nitrogens with zero attached hydrogens (tertiary/aromatic N) is 2. The Morgan fingerprint density at radius 1 is 1.12 bits per heavy atom. The molecule has 0 amide bonds. The summed E-state index contributed by atoms with van der Waals surface area (Å²) in [4.78, 5) is 4.64. The van der Waals surface area contributed by atoms with E-state index < -0.39 is 0 Å². The molecule has 0 aliphatic heterocycles. The fraction of sp³-hybridized carbons (Fsp3) is 0.278. The van der Waals surface area contributed by atoms with E-state index in [0.29, 0.717) is 36.6 Å². The molecular weight excluding hydrogens is 309 g/mol. The van der Waals surface area contributed by atoms with Crippen molar-refractivity contribution in [2.45, 2.75) is 13.0 Å². The third-order valence-electron chi connectivity index (χ3n) is 3.99. The second-order valence-electron chi connectivity index (χ2n) is 5.44. The number of benzene rings is 2. The highest BCUT2D eigenvalue weighted by atomic mass is 19.1. The fourth-order valence-electron chi connectivity index (χ4n) is 2.80. The highest BCUT2D eigenvalue weighted by Crippen LogP contribution is 2.33. The first-order valence-electron chi connectivity index (χ1n) is 7.72. The summed E-state index contributed by atoms with van der Waals surface area (Å²) in [5, 5.41) is 0. The number of hydrogen-bond donors (Lipinski definition) is 1. The molecular formula is C18H20FN3O2. The molecule has 0 spiro atoms. The molecule has 3 rings (SSSR count). The number of hydrogen-bond acceptors (Lipinski definition) is 4. The standard InChI is InChI=1S/C18H20FN3O2/c1-23-16-9-14-15(10-17(16)24-2)22(18(21-14)7-8-20)11-12-5-3-4-6-13(12)19/h3-6,9-10H,7-8,11,20H2,1-2H3. The van der Waals surface area contributed by atoms with Crippen LogP contribution in [0.1, 0.15) is 11.4 Å². The summed E-state index contributed by atoms with van der Waals surface area (Å²) in [6, 6.07) is 10.4. The molecule has 0 aliphatic rings. The summed E-state index contributed by atoms with van der Waals surface area (Å²) in [6.07, 6.45) is 0.605. The minimum Gasteiger partial charge on any atom is -0.493 e. The maximum absolute atomic E-state index is 14.1. The number of methoxy groups -OCH3 is 2. The molecule has 126 valence electrons. The molecule has 0 radical (unpaired) electrons. The topological polar surface area (TPSA) is 62.3 Å². The average Bonchev–Trinajstić information content (AvgIpc) is 2.92. The Hall–Kier alpha value is -2.60. The molecule has 0 fully saturated rings. The maximum Gasteiger partial charge on any atom is 0.163 e. The van der Waals surface area contributed by atoms with Gasteiger partial charge >= 0.3 is 0 Å². The smallest absolute Gasteiger partial charge is 0.163 e. The summed E-state index contributed by atoms with van der Waals surface area (Å²) < 4.78 is 26.7. The van der Waals surface area contributed by atoms with Crippen molar-refractivity contribution in [1.29, 1.82) is 0 Å². The maximum atomic E-state index is 14.1. The van der Waals surface area contributed by atoms with Crippen LogP contribution < -0.4 is 15.2 Å². The molecule has 2 N–H and O–H groups in total. The van der Waals surface area contributed by atoms with Crippen LogP contribution in [-0.4, -0.2) is 30.3 Å². The third kappa shape index (κ3) is 2.92. The predicted molar refractivity (Wildman–Crippen MR) is 91.1 cm³/mol. The van der Waals surface area contributed by atoms with Gasteiger partial charge in [-0.1, -0.05) is 18.2 Å². The van der Waals surface area contributed by atoms with Crippen molar-refractivity contribution in [1.82, 2.24) is 9.55 Å². The van der Waals surface area contributed by atoms with Gasteiger partial charge in [-0.25, -0.2) is 9.37 Å². The van der Waals surface area contributed by atoms with Crippen LogP contribution in [0, 0.1) is 5.82 Å². The number of imidazole rings is 1. The Bertz CT molecular complexity index is 861. The fourth-order valence-corrected chi connectivity index (χ4v) is 2.80. The molecule has 0 atom stereocenters. The van der Waals surface area contributed by atoms with E-state index in [1.165, 1.54) is 6.07 Å². The molecule has 1 heterocycles. The van der Waals surface area contributed by atoms with Gasteiger partial charge in [0.05, 0.1) is 31.8 Å². The average molecular weight is 329 g/mol. The van der Waals surface area contributed by atoms with Crippen LogP contribution in [-0.2, 0) is 13.0 Å². The van der Waals surface area contributed by atoms with Crippen molar-refractivity contribution in [3.8, 4) is 11.5 Å². The normalized spacial score (nSPS) is 11.0. The van der Waals surface area contributed by atoms with Crippen molar-refractivity contribution in [3.63, 3.8) is 0 Å². The Morgan fingerprint density at radius 2 is 1.83 bits per heavy atom. The van der Waals surface area contributed by atoms with Gasteiger partial charge in [-0.05, 0) is 12.6 Å². The lowest BCUT2D eigenvalue weighted by Crippen LogP contribution is -2.11. The Labute approximate surface area is 139 Å². The largest absolute Gasteiger partial charge is 0.493 e. The van der Waals surface area contributed by atoms with E-state index in [9.17, 15) is 4.39 Å². The van der Waals surface area contributed by atoms with E-state index in [4.69, 9.17) is 15.2 Å². The van der Waals surface area contributed by atoms with Gasteiger partial charge in [0.25, 0.3) is 0 Å². The van der Waals surface area contributed by atoms with Gasteiger partial charge in [0.1, 0.15) is 11.6 Å². The van der Waals surface area contributed by atoms with Crippen LogP contribution in [0.4, 0.5) is 4.39 Å². The van der Waals surface area contributed by atoms with Crippen molar-refractivity contribution in [2.75, 3.05) is 20.8 Å². The van der Waals surface area contributed by atoms with Gasteiger partial charge in [-0.2, -0.15) is 0 Å². The van der Waals surface area contributed by atoms with Gasteiger partial charge in [0.15, 0.2) is 11.5 Å². The molecule has 3 aromatic rings. The first kappa shape index (κ1) is 16.3. The first-order chi connectivity index (χ1) is 11.7. The van der Waals surface area contributed by atoms with Crippen molar-refractivity contribution < 1.29 is 13.9 Å². The van der Waals surface area contributed by atoms with E-state index in [0.717, 1.165) is 16.9 Å². The highest BCUT2D eigenvalue weighted by Gasteiger charge is 2.16. The van der Waals surface area contributed by atoms with Crippen LogP contribution >= 0.6 is 0 Å². The Morgan fingerprint density at radius 3 is 2.50 bits per heavy atom. The highest BCUT2D eigenvalue weighted by molar-refractivity contribution is 5.80. The van der Waals surface area contributed by atoms with Crippen molar-refractivity contribution >= 4 is 11.0 Å². The minimum absolute atomic E-state index is 0.237.